The molecule has 2 aromatic rings. The number of halogens is 2. The maximum atomic E-state index is 12.3. The van der Waals surface area contributed by atoms with E-state index in [1.807, 2.05) is 18.2 Å². The molecule has 0 radical (unpaired) electrons. The molecule has 5 nitrogen and oxygen atoms in total. The molecule has 0 fully saturated rings. The molecule has 1 amide bonds. The van der Waals surface area contributed by atoms with Gasteiger partial charge in [0.15, 0.2) is 6.61 Å². The Morgan fingerprint density at radius 3 is 2.64 bits per heavy atom. The number of fused-ring (bicyclic) bond motifs is 1. The average Bonchev–Trinajstić information content (AvgIpc) is 2.62. The van der Waals surface area contributed by atoms with Crippen molar-refractivity contribution in [3.05, 3.63) is 63.1 Å². The molecule has 1 aliphatic heterocycles. The fourth-order valence-corrected chi connectivity index (χ4v) is 3.25. The predicted octanol–water partition coefficient (Wildman–Crippen LogP) is 3.32. The SMILES string of the molecule is Nc1c(Cl)cc(Cl)cc1C(=O)OCC(=O)N1CCc2ccccc2C1. The van der Waals surface area contributed by atoms with Crippen molar-refractivity contribution < 1.29 is 14.3 Å². The second kappa shape index (κ2) is 7.33. The Hall–Kier alpha value is -2.24. The number of hydrogen-bond acceptors (Lipinski definition) is 4. The maximum Gasteiger partial charge on any atom is 0.340 e. The summed E-state index contributed by atoms with van der Waals surface area (Å²) in [4.78, 5) is 26.2. The molecule has 25 heavy (non-hydrogen) atoms. The van der Waals surface area contributed by atoms with Crippen LogP contribution in [0.2, 0.25) is 10.0 Å². The van der Waals surface area contributed by atoms with Gasteiger partial charge in [-0.1, -0.05) is 47.5 Å². The van der Waals surface area contributed by atoms with Gasteiger partial charge in [0, 0.05) is 18.1 Å². The van der Waals surface area contributed by atoms with Crippen molar-refractivity contribution in [2.45, 2.75) is 13.0 Å². The standard InChI is InChI=1S/C18H16Cl2N2O3/c19-13-7-14(17(21)15(20)8-13)18(24)25-10-16(23)22-6-5-11-3-1-2-4-12(11)9-22/h1-4,7-8H,5-6,9-10,21H2. The van der Waals surface area contributed by atoms with Gasteiger partial charge in [-0.15, -0.1) is 0 Å². The van der Waals surface area contributed by atoms with Crippen molar-refractivity contribution in [2.75, 3.05) is 18.9 Å². The summed E-state index contributed by atoms with van der Waals surface area (Å²) < 4.78 is 5.09. The van der Waals surface area contributed by atoms with Crippen LogP contribution in [0.4, 0.5) is 5.69 Å². The van der Waals surface area contributed by atoms with Crippen molar-refractivity contribution in [2.24, 2.45) is 0 Å². The van der Waals surface area contributed by atoms with E-state index in [1.165, 1.54) is 17.7 Å². The quantitative estimate of drug-likeness (QED) is 0.656. The van der Waals surface area contributed by atoms with Gasteiger partial charge >= 0.3 is 5.97 Å². The molecule has 0 saturated heterocycles. The Balaban J connectivity index is 1.62. The molecule has 0 unspecified atom stereocenters. The molecule has 0 bridgehead atoms. The molecule has 2 N–H and O–H groups in total. The van der Waals surface area contributed by atoms with Crippen molar-refractivity contribution in [3.8, 4) is 0 Å². The van der Waals surface area contributed by atoms with Gasteiger partial charge in [0.2, 0.25) is 0 Å². The van der Waals surface area contributed by atoms with Crippen LogP contribution in [-0.4, -0.2) is 29.9 Å². The third-order valence-corrected chi connectivity index (χ3v) is 4.66. The second-order valence-corrected chi connectivity index (χ2v) is 6.60. The summed E-state index contributed by atoms with van der Waals surface area (Å²) in [6.45, 7) is 0.751. The Morgan fingerprint density at radius 2 is 1.88 bits per heavy atom. The van der Waals surface area contributed by atoms with Crippen LogP contribution in [0.1, 0.15) is 21.5 Å². The summed E-state index contributed by atoms with van der Waals surface area (Å²) in [6, 6.07) is 10.8. The normalized spacial score (nSPS) is 13.3. The van der Waals surface area contributed by atoms with E-state index in [4.69, 9.17) is 33.7 Å². The van der Waals surface area contributed by atoms with Crippen LogP contribution in [0.3, 0.4) is 0 Å². The van der Waals surface area contributed by atoms with Gasteiger partial charge < -0.3 is 15.4 Å². The first-order valence-electron chi connectivity index (χ1n) is 7.72. The van der Waals surface area contributed by atoms with Gasteiger partial charge in [-0.3, -0.25) is 4.79 Å². The van der Waals surface area contributed by atoms with E-state index in [1.54, 1.807) is 4.90 Å². The number of nitrogens with two attached hydrogens (primary N) is 1. The lowest BCUT2D eigenvalue weighted by Crippen LogP contribution is -2.38. The molecular formula is C18H16Cl2N2O3. The molecule has 1 aliphatic rings. The summed E-state index contributed by atoms with van der Waals surface area (Å²) in [6.07, 6.45) is 0.784. The van der Waals surface area contributed by atoms with Crippen molar-refractivity contribution >= 4 is 40.8 Å². The van der Waals surface area contributed by atoms with Crippen LogP contribution < -0.4 is 5.73 Å². The molecule has 130 valence electrons. The molecule has 0 spiro atoms. The lowest BCUT2D eigenvalue weighted by Gasteiger charge is -2.28. The molecular weight excluding hydrogens is 363 g/mol. The summed E-state index contributed by atoms with van der Waals surface area (Å²) in [5, 5.41) is 0.434. The molecule has 0 saturated carbocycles. The molecule has 3 rings (SSSR count). The topological polar surface area (TPSA) is 72.6 Å². The number of benzene rings is 2. The van der Waals surface area contributed by atoms with E-state index >= 15 is 0 Å². The highest BCUT2D eigenvalue weighted by molar-refractivity contribution is 6.37. The van der Waals surface area contributed by atoms with Crippen LogP contribution >= 0.6 is 23.2 Å². The number of hydrogen-bond donors (Lipinski definition) is 1. The number of nitrogens with zero attached hydrogens (tertiary/aromatic N) is 1. The van der Waals surface area contributed by atoms with E-state index in [-0.39, 0.29) is 33.8 Å². The molecule has 0 aliphatic carbocycles. The zero-order valence-electron chi connectivity index (χ0n) is 13.3. The number of ether oxygens (including phenoxy) is 1. The minimum absolute atomic E-state index is 0.0503. The first-order valence-corrected chi connectivity index (χ1v) is 8.47. The third kappa shape index (κ3) is 3.89. The molecule has 0 atom stereocenters. The molecule has 2 aromatic carbocycles. The Labute approximate surface area is 155 Å². The minimum atomic E-state index is -0.729. The van der Waals surface area contributed by atoms with Gasteiger partial charge in [0.25, 0.3) is 5.91 Å². The Bertz CT molecular complexity index is 839. The van der Waals surface area contributed by atoms with E-state index in [0.29, 0.717) is 13.1 Å². The molecule has 1 heterocycles. The van der Waals surface area contributed by atoms with Crippen molar-refractivity contribution in [3.63, 3.8) is 0 Å². The van der Waals surface area contributed by atoms with Gasteiger partial charge in [0.1, 0.15) is 0 Å². The number of nitrogen functional groups attached to an aromatic ring is 1. The fourth-order valence-electron chi connectivity index (χ4n) is 2.76. The lowest BCUT2D eigenvalue weighted by atomic mass is 10.00. The van der Waals surface area contributed by atoms with Crippen LogP contribution in [0.15, 0.2) is 36.4 Å². The number of carbonyl (C=O) groups excluding carboxylic acids is 2. The van der Waals surface area contributed by atoms with Gasteiger partial charge in [0.05, 0.1) is 16.3 Å². The molecule has 7 heteroatoms. The molecule has 0 aromatic heterocycles. The van der Waals surface area contributed by atoms with Crippen LogP contribution in [-0.2, 0) is 22.5 Å². The first-order chi connectivity index (χ1) is 12.0. The fraction of sp³-hybridized carbons (Fsp3) is 0.222. The number of esters is 1. The predicted molar refractivity (Wildman–Crippen MR) is 96.7 cm³/mol. The van der Waals surface area contributed by atoms with Crippen molar-refractivity contribution in [1.82, 2.24) is 4.90 Å². The van der Waals surface area contributed by atoms with E-state index < -0.39 is 5.97 Å². The number of amides is 1. The zero-order valence-corrected chi connectivity index (χ0v) is 14.8. The summed E-state index contributed by atoms with van der Waals surface area (Å²) in [5.74, 6) is -0.984. The highest BCUT2D eigenvalue weighted by Crippen LogP contribution is 2.28. The number of rotatable bonds is 3. The Kier molecular flexibility index (Phi) is 5.16. The van der Waals surface area contributed by atoms with Crippen LogP contribution in [0.25, 0.3) is 0 Å². The number of anilines is 1. The summed E-state index contributed by atoms with van der Waals surface area (Å²) in [5.41, 5.74) is 8.25. The number of carbonyl (C=O) groups is 2. The second-order valence-electron chi connectivity index (χ2n) is 5.76. The minimum Gasteiger partial charge on any atom is -0.452 e. The first kappa shape index (κ1) is 17.6. The largest absolute Gasteiger partial charge is 0.452 e. The Morgan fingerprint density at radius 1 is 1.16 bits per heavy atom. The van der Waals surface area contributed by atoms with E-state index in [2.05, 4.69) is 6.07 Å². The monoisotopic (exact) mass is 378 g/mol. The highest BCUT2D eigenvalue weighted by atomic mass is 35.5. The third-order valence-electron chi connectivity index (χ3n) is 4.12. The van der Waals surface area contributed by atoms with E-state index in [0.717, 1.165) is 12.0 Å². The maximum absolute atomic E-state index is 12.3. The summed E-state index contributed by atoms with van der Waals surface area (Å²) >= 11 is 11.8. The van der Waals surface area contributed by atoms with Crippen LogP contribution in [0.5, 0.6) is 0 Å². The highest BCUT2D eigenvalue weighted by Gasteiger charge is 2.22. The zero-order chi connectivity index (χ0) is 18.0. The van der Waals surface area contributed by atoms with Gasteiger partial charge in [-0.25, -0.2) is 4.79 Å². The smallest absolute Gasteiger partial charge is 0.340 e. The summed E-state index contributed by atoms with van der Waals surface area (Å²) in [7, 11) is 0. The lowest BCUT2D eigenvalue weighted by molar-refractivity contribution is -0.135. The van der Waals surface area contributed by atoms with Gasteiger partial charge in [-0.2, -0.15) is 0 Å². The van der Waals surface area contributed by atoms with Crippen molar-refractivity contribution in [1.29, 1.82) is 0 Å². The average molecular weight is 379 g/mol. The van der Waals surface area contributed by atoms with Gasteiger partial charge in [-0.05, 0) is 29.7 Å². The van der Waals surface area contributed by atoms with Crippen LogP contribution in [0, 0.1) is 0 Å². The van der Waals surface area contributed by atoms with E-state index in [9.17, 15) is 9.59 Å².